The van der Waals surface area contributed by atoms with Crippen LogP contribution in [0.5, 0.6) is 0 Å². The first-order chi connectivity index (χ1) is 16.1. The molecule has 0 saturated carbocycles. The molecule has 5 rings (SSSR count). The lowest BCUT2D eigenvalue weighted by Gasteiger charge is -2.03. The van der Waals surface area contributed by atoms with Crippen molar-refractivity contribution in [2.45, 2.75) is 13.8 Å². The van der Waals surface area contributed by atoms with Gasteiger partial charge in [-0.15, -0.1) is 0 Å². The molecule has 0 fully saturated rings. The Hall–Kier alpha value is -4.32. The molecule has 0 aliphatic heterocycles. The Morgan fingerprint density at radius 2 is 1.97 bits per heavy atom. The number of aromatic amines is 2. The van der Waals surface area contributed by atoms with Crippen molar-refractivity contribution in [1.82, 2.24) is 25.1 Å². The van der Waals surface area contributed by atoms with Crippen LogP contribution < -0.4 is 0 Å². The average Bonchev–Trinajstić information content (AvgIpc) is 3.45. The lowest BCUT2D eigenvalue weighted by atomic mass is 10.0. The van der Waals surface area contributed by atoms with Crippen molar-refractivity contribution in [3.63, 3.8) is 0 Å². The largest absolute Gasteiger partial charge is 0.338 e. The Bertz CT molecular complexity index is 1570. The summed E-state index contributed by atoms with van der Waals surface area (Å²) in [6, 6.07) is 12.5. The standard InChI is InChI=1S/C27H22FN5/c1-4-16(3)11-17(5-2)23-14-22-25(15-30-23)32-33-26(22)24-13-21-20(9-10-29-27(21)31-24)18-7-6-8-19(28)12-18/h4-15H,1H2,2-3H3,(H,29,31)(H,32,33)/b16-11-,17-5+. The smallest absolute Gasteiger partial charge is 0.138 e. The van der Waals surface area contributed by atoms with E-state index in [1.54, 1.807) is 18.5 Å². The number of rotatable bonds is 5. The summed E-state index contributed by atoms with van der Waals surface area (Å²) < 4.78 is 13.8. The number of nitrogens with zero attached hydrogens (tertiary/aromatic N) is 3. The fourth-order valence-corrected chi connectivity index (χ4v) is 3.95. The van der Waals surface area contributed by atoms with Gasteiger partial charge in [0.25, 0.3) is 0 Å². The van der Waals surface area contributed by atoms with E-state index >= 15 is 0 Å². The molecule has 0 atom stereocenters. The fraction of sp³-hybridized carbons (Fsp3) is 0.0741. The van der Waals surface area contributed by atoms with Gasteiger partial charge in [0.1, 0.15) is 17.2 Å². The molecule has 162 valence electrons. The number of fused-ring (bicyclic) bond motifs is 2. The third-order valence-corrected chi connectivity index (χ3v) is 5.68. The van der Waals surface area contributed by atoms with Crippen molar-refractivity contribution in [3.8, 4) is 22.5 Å². The van der Waals surface area contributed by atoms with Crippen molar-refractivity contribution in [3.05, 3.63) is 96.7 Å². The van der Waals surface area contributed by atoms with Gasteiger partial charge in [0.15, 0.2) is 0 Å². The molecule has 5 aromatic rings. The Balaban J connectivity index is 1.64. The van der Waals surface area contributed by atoms with E-state index in [2.05, 4.69) is 37.8 Å². The molecule has 0 amide bonds. The van der Waals surface area contributed by atoms with Gasteiger partial charge >= 0.3 is 0 Å². The molecule has 0 bridgehead atoms. The molecule has 2 N–H and O–H groups in total. The van der Waals surface area contributed by atoms with Gasteiger partial charge in [0.2, 0.25) is 0 Å². The van der Waals surface area contributed by atoms with E-state index in [0.29, 0.717) is 0 Å². The van der Waals surface area contributed by atoms with Gasteiger partial charge in [-0.3, -0.25) is 10.1 Å². The SMILES string of the molecule is C=C/C(C)=C\C(=C/C)c1cc2c(-c3cc4c(-c5cccc(F)c5)ccnc4[nH]3)n[nH]c2cn1. The highest BCUT2D eigenvalue weighted by atomic mass is 19.1. The minimum absolute atomic E-state index is 0.271. The van der Waals surface area contributed by atoms with E-state index in [1.807, 2.05) is 50.3 Å². The van der Waals surface area contributed by atoms with Crippen LogP contribution in [0.3, 0.4) is 0 Å². The van der Waals surface area contributed by atoms with Crippen molar-refractivity contribution in [1.29, 1.82) is 0 Å². The number of H-pyrrole nitrogens is 2. The Kier molecular flexibility index (Phi) is 5.18. The molecule has 0 unspecified atom stereocenters. The lowest BCUT2D eigenvalue weighted by molar-refractivity contribution is 0.628. The van der Waals surface area contributed by atoms with Gasteiger partial charge in [-0.1, -0.05) is 42.5 Å². The molecular weight excluding hydrogens is 413 g/mol. The highest BCUT2D eigenvalue weighted by molar-refractivity contribution is 6.00. The summed E-state index contributed by atoms with van der Waals surface area (Å²) in [6.07, 6.45) is 9.41. The third kappa shape index (κ3) is 3.76. The van der Waals surface area contributed by atoms with Crippen LogP contribution in [-0.4, -0.2) is 25.1 Å². The maximum atomic E-state index is 13.8. The van der Waals surface area contributed by atoms with Crippen LogP contribution in [0.1, 0.15) is 19.5 Å². The maximum absolute atomic E-state index is 13.8. The van der Waals surface area contributed by atoms with Crippen molar-refractivity contribution >= 4 is 27.5 Å². The zero-order valence-corrected chi connectivity index (χ0v) is 18.4. The maximum Gasteiger partial charge on any atom is 0.138 e. The highest BCUT2D eigenvalue weighted by Gasteiger charge is 2.15. The number of halogens is 1. The molecule has 1 aromatic carbocycles. The molecule has 0 radical (unpaired) electrons. The zero-order valence-electron chi connectivity index (χ0n) is 18.4. The predicted octanol–water partition coefficient (Wildman–Crippen LogP) is 6.84. The second kappa shape index (κ2) is 8.31. The summed E-state index contributed by atoms with van der Waals surface area (Å²) in [5, 5.41) is 9.46. The fourth-order valence-electron chi connectivity index (χ4n) is 3.95. The first-order valence-electron chi connectivity index (χ1n) is 10.6. The van der Waals surface area contributed by atoms with Gasteiger partial charge in [-0.2, -0.15) is 5.10 Å². The summed E-state index contributed by atoms with van der Waals surface area (Å²) in [5.41, 5.74) is 7.78. The molecule has 0 saturated heterocycles. The zero-order chi connectivity index (χ0) is 22.9. The van der Waals surface area contributed by atoms with Gasteiger partial charge in [-0.25, -0.2) is 9.37 Å². The molecule has 0 aliphatic rings. The predicted molar refractivity (Wildman–Crippen MR) is 132 cm³/mol. The Morgan fingerprint density at radius 3 is 2.76 bits per heavy atom. The van der Waals surface area contributed by atoms with Crippen molar-refractivity contribution in [2.75, 3.05) is 0 Å². The Labute approximate surface area is 190 Å². The minimum Gasteiger partial charge on any atom is -0.338 e. The topological polar surface area (TPSA) is 70.2 Å². The van der Waals surface area contributed by atoms with Gasteiger partial charge in [-0.05, 0) is 60.9 Å². The molecule has 5 nitrogen and oxygen atoms in total. The monoisotopic (exact) mass is 435 g/mol. The number of aromatic nitrogens is 5. The molecule has 0 spiro atoms. The normalized spacial score (nSPS) is 12.6. The number of benzene rings is 1. The van der Waals surface area contributed by atoms with Crippen LogP contribution >= 0.6 is 0 Å². The average molecular weight is 436 g/mol. The van der Waals surface area contributed by atoms with E-state index in [1.165, 1.54) is 12.1 Å². The number of hydrogen-bond acceptors (Lipinski definition) is 3. The number of nitrogens with one attached hydrogen (secondary N) is 2. The van der Waals surface area contributed by atoms with Crippen LogP contribution in [0, 0.1) is 5.82 Å². The summed E-state index contributed by atoms with van der Waals surface area (Å²) in [7, 11) is 0. The quantitative estimate of drug-likeness (QED) is 0.297. The first kappa shape index (κ1) is 20.6. The molecule has 33 heavy (non-hydrogen) atoms. The van der Waals surface area contributed by atoms with E-state index in [9.17, 15) is 4.39 Å². The summed E-state index contributed by atoms with van der Waals surface area (Å²) in [4.78, 5) is 12.4. The molecule has 4 heterocycles. The summed E-state index contributed by atoms with van der Waals surface area (Å²) in [5.74, 6) is -0.271. The van der Waals surface area contributed by atoms with Gasteiger partial charge in [0, 0.05) is 17.0 Å². The van der Waals surface area contributed by atoms with E-state index < -0.39 is 0 Å². The first-order valence-corrected chi connectivity index (χ1v) is 10.6. The Morgan fingerprint density at radius 1 is 1.09 bits per heavy atom. The summed E-state index contributed by atoms with van der Waals surface area (Å²) >= 11 is 0. The second-order valence-corrected chi connectivity index (χ2v) is 7.84. The number of hydrogen-bond donors (Lipinski definition) is 2. The molecule has 0 aliphatic carbocycles. The number of pyridine rings is 2. The van der Waals surface area contributed by atoms with E-state index in [-0.39, 0.29) is 5.82 Å². The molecular formula is C27H22FN5. The highest BCUT2D eigenvalue weighted by Crippen LogP contribution is 2.34. The number of allylic oxidation sites excluding steroid dienone is 5. The van der Waals surface area contributed by atoms with Crippen LogP contribution in [0.2, 0.25) is 0 Å². The van der Waals surface area contributed by atoms with Crippen LogP contribution in [-0.2, 0) is 0 Å². The van der Waals surface area contributed by atoms with Crippen LogP contribution in [0.15, 0.2) is 85.2 Å². The third-order valence-electron chi connectivity index (χ3n) is 5.68. The van der Waals surface area contributed by atoms with Crippen molar-refractivity contribution < 1.29 is 4.39 Å². The molecule has 6 heteroatoms. The molecule has 4 aromatic heterocycles. The van der Waals surface area contributed by atoms with Gasteiger partial charge in [0.05, 0.1) is 23.1 Å². The lowest BCUT2D eigenvalue weighted by Crippen LogP contribution is -1.88. The second-order valence-electron chi connectivity index (χ2n) is 7.84. The van der Waals surface area contributed by atoms with Crippen molar-refractivity contribution in [2.24, 2.45) is 0 Å². The van der Waals surface area contributed by atoms with E-state index in [4.69, 9.17) is 0 Å². The summed E-state index contributed by atoms with van der Waals surface area (Å²) in [6.45, 7) is 7.82. The van der Waals surface area contributed by atoms with Crippen LogP contribution in [0.4, 0.5) is 4.39 Å². The van der Waals surface area contributed by atoms with Crippen LogP contribution in [0.25, 0.3) is 50.0 Å². The van der Waals surface area contributed by atoms with Gasteiger partial charge < -0.3 is 4.98 Å². The van der Waals surface area contributed by atoms with E-state index in [0.717, 1.165) is 61.3 Å². The minimum atomic E-state index is -0.271.